The highest BCUT2D eigenvalue weighted by Gasteiger charge is 2.49. The standard InChI is InChI=1S/C109H116BN4/c1-102(2,3)75-47-41-71(42-48-75)82-37-31-38-84(83-55-51-79(106(13,14)15)65-88(83)108(19,20)21)101(82)112-96-61-73(69-33-27-25-28-34-69)45-57-90(96)110-91-58-46-74(70-35-29-26-30-36-70)62-97(91)114(99-68-81(67-98(112)100(99)110)111-93-59-53-77(104(7,8)9)63-86(93)87-64-78(105(10,11)12)54-60-94(87)111)113-92(72-43-49-76(50-44-72)103(4,5)6)39-32-40-95(113)85-56-52-80(107(16,17)18)66-89(85)109(22,23)24/h25-68H,1-24H3/q+1/i25D,26D,27D,28D,29D,30D,33D,34D,35D,36D. The predicted molar refractivity (Wildman–Crippen MR) is 493 cm³/mol. The number of aromatic nitrogens is 2. The van der Waals surface area contributed by atoms with Gasteiger partial charge in [0.05, 0.1) is 41.7 Å². The van der Waals surface area contributed by atoms with E-state index >= 15 is 0 Å². The molecule has 574 valence electrons. The van der Waals surface area contributed by atoms with Gasteiger partial charge in [-0.2, -0.15) is 0 Å². The second kappa shape index (κ2) is 27.5. The zero-order chi connectivity index (χ0) is 89.8. The van der Waals surface area contributed by atoms with Crippen molar-refractivity contribution in [3.8, 4) is 72.7 Å². The molecule has 4 heterocycles. The lowest BCUT2D eigenvalue weighted by atomic mass is 9.33. The van der Waals surface area contributed by atoms with Crippen LogP contribution in [-0.2, 0) is 43.3 Å². The van der Waals surface area contributed by atoms with E-state index in [-0.39, 0.29) is 67.8 Å². The summed E-state index contributed by atoms with van der Waals surface area (Å²) in [5.41, 5.74) is 24.7. The summed E-state index contributed by atoms with van der Waals surface area (Å²) in [5, 5.41) is 4.55. The number of fused-ring (bicyclic) bond motifs is 7. The maximum Gasteiger partial charge on any atom is 0.252 e. The lowest BCUT2D eigenvalue weighted by Gasteiger charge is -2.44. The molecule has 0 atom stereocenters. The van der Waals surface area contributed by atoms with Gasteiger partial charge >= 0.3 is 0 Å². The van der Waals surface area contributed by atoms with E-state index in [9.17, 15) is 11.0 Å². The van der Waals surface area contributed by atoms with Gasteiger partial charge in [0.2, 0.25) is 11.4 Å². The van der Waals surface area contributed by atoms with Gasteiger partial charge in [-0.1, -0.05) is 353 Å². The minimum atomic E-state index is -0.696. The highest BCUT2D eigenvalue weighted by Crippen LogP contribution is 2.54. The molecule has 0 unspecified atom stereocenters. The van der Waals surface area contributed by atoms with Crippen LogP contribution in [-0.4, -0.2) is 11.3 Å². The number of hydrogen-bond acceptors (Lipinski definition) is 2. The Labute approximate surface area is 695 Å². The number of rotatable bonds is 9. The maximum absolute atomic E-state index is 9.87. The normalized spacial score (nSPS) is 14.8. The van der Waals surface area contributed by atoms with Crippen LogP contribution in [0.3, 0.4) is 0 Å². The van der Waals surface area contributed by atoms with E-state index in [1.165, 1.54) is 27.8 Å². The molecule has 0 aliphatic carbocycles. The van der Waals surface area contributed by atoms with Crippen LogP contribution in [0, 0.1) is 0 Å². The van der Waals surface area contributed by atoms with E-state index in [4.69, 9.17) is 2.74 Å². The molecule has 16 rings (SSSR count). The topological polar surface area (TPSA) is 15.3 Å². The van der Waals surface area contributed by atoms with Crippen LogP contribution in [0.5, 0.6) is 0 Å². The molecule has 0 saturated heterocycles. The summed E-state index contributed by atoms with van der Waals surface area (Å²) in [7, 11) is 0. The summed E-state index contributed by atoms with van der Waals surface area (Å²) >= 11 is 0. The van der Waals surface area contributed by atoms with Gasteiger partial charge in [-0.25, -0.2) is 0 Å². The van der Waals surface area contributed by atoms with Crippen LogP contribution in [0.4, 0.5) is 28.4 Å². The van der Waals surface area contributed by atoms with Crippen LogP contribution in [0.15, 0.2) is 267 Å². The van der Waals surface area contributed by atoms with Crippen molar-refractivity contribution in [1.29, 1.82) is 0 Å². The molecule has 14 aromatic rings. The fourth-order valence-electron chi connectivity index (χ4n) is 17.3. The molecule has 0 fully saturated rings. The Bertz CT molecular complexity index is 6300. The van der Waals surface area contributed by atoms with Gasteiger partial charge in [-0.3, -0.25) is 0 Å². The Kier molecular flexibility index (Phi) is 15.8. The highest BCUT2D eigenvalue weighted by atomic mass is 15.6. The number of para-hydroxylation sites is 1. The summed E-state index contributed by atoms with van der Waals surface area (Å²) < 4.78 is 99.7. The molecule has 0 amide bonds. The van der Waals surface area contributed by atoms with Gasteiger partial charge in [0.1, 0.15) is 11.4 Å². The molecule has 5 heteroatoms. The zero-order valence-electron chi connectivity index (χ0n) is 81.5. The average Bonchev–Trinajstić information content (AvgIpc) is 0.872. The van der Waals surface area contributed by atoms with Crippen molar-refractivity contribution >= 4 is 73.3 Å². The van der Waals surface area contributed by atoms with E-state index in [0.29, 0.717) is 22.5 Å². The van der Waals surface area contributed by atoms with E-state index in [1.807, 2.05) is 18.2 Å². The largest absolute Gasteiger partial charge is 0.310 e. The average molecular weight is 1500 g/mol. The summed E-state index contributed by atoms with van der Waals surface area (Å²) in [6.45, 7) is 53.7. The van der Waals surface area contributed by atoms with Crippen LogP contribution in [0.2, 0.25) is 0 Å². The number of hydrogen-bond donors (Lipinski definition) is 0. The zero-order valence-corrected chi connectivity index (χ0v) is 71.5. The lowest BCUT2D eigenvalue weighted by molar-refractivity contribution is -0.653. The molecule has 4 nitrogen and oxygen atoms in total. The Morgan fingerprint density at radius 3 is 1.18 bits per heavy atom. The minimum absolute atomic E-state index is 0.0518. The Morgan fingerprint density at radius 2 is 0.684 bits per heavy atom. The molecule has 2 aliphatic heterocycles. The van der Waals surface area contributed by atoms with Crippen LogP contribution >= 0.6 is 0 Å². The monoisotopic (exact) mass is 1500 g/mol. The van der Waals surface area contributed by atoms with Crippen molar-refractivity contribution in [3.63, 3.8) is 0 Å². The first-order valence-corrected chi connectivity index (χ1v) is 40.8. The molecule has 0 N–H and O–H groups in total. The van der Waals surface area contributed by atoms with Gasteiger partial charge in [0.25, 0.3) is 6.71 Å². The third-order valence-corrected chi connectivity index (χ3v) is 23.8. The molecule has 12 aromatic carbocycles. The van der Waals surface area contributed by atoms with Crippen LogP contribution in [0.25, 0.3) is 94.5 Å². The summed E-state index contributed by atoms with van der Waals surface area (Å²) in [6, 6.07) is 71.9. The smallest absolute Gasteiger partial charge is 0.252 e. The Morgan fingerprint density at radius 1 is 0.289 bits per heavy atom. The van der Waals surface area contributed by atoms with Gasteiger partial charge in [0.15, 0.2) is 0 Å². The van der Waals surface area contributed by atoms with Crippen LogP contribution < -0.4 is 31.0 Å². The van der Waals surface area contributed by atoms with Crippen LogP contribution in [0.1, 0.15) is 224 Å². The van der Waals surface area contributed by atoms with E-state index in [0.717, 1.165) is 122 Å². The number of benzene rings is 12. The van der Waals surface area contributed by atoms with E-state index < -0.39 is 53.8 Å². The Hall–Kier alpha value is -10.7. The molecule has 0 radical (unpaired) electrons. The van der Waals surface area contributed by atoms with Gasteiger partial charge in [-0.05, 0) is 210 Å². The molecule has 0 saturated carbocycles. The molecular formula is C109H116BN4+. The van der Waals surface area contributed by atoms with E-state index in [1.54, 1.807) is 0 Å². The van der Waals surface area contributed by atoms with Crippen molar-refractivity contribution in [2.75, 3.05) is 9.91 Å². The number of nitrogens with zero attached hydrogens (tertiary/aromatic N) is 4. The summed E-state index contributed by atoms with van der Waals surface area (Å²) in [6.07, 6.45) is 0. The molecule has 114 heavy (non-hydrogen) atoms. The first-order valence-electron chi connectivity index (χ1n) is 45.8. The van der Waals surface area contributed by atoms with Gasteiger partial charge in [-0.15, -0.1) is 5.01 Å². The van der Waals surface area contributed by atoms with Gasteiger partial charge < -0.3 is 9.47 Å². The second-order valence-electron chi connectivity index (χ2n) is 40.3. The summed E-state index contributed by atoms with van der Waals surface area (Å²) in [5.74, 6) is 0. The number of anilines is 5. The molecular weight excluding hydrogens is 1380 g/mol. The van der Waals surface area contributed by atoms with Crippen molar-refractivity contribution in [2.45, 2.75) is 209 Å². The molecule has 2 aromatic heterocycles. The summed E-state index contributed by atoms with van der Waals surface area (Å²) in [4.78, 5) is 2.46. The highest BCUT2D eigenvalue weighted by molar-refractivity contribution is 7.00. The molecule has 0 spiro atoms. The van der Waals surface area contributed by atoms with Gasteiger partial charge in [0, 0.05) is 51.0 Å². The van der Waals surface area contributed by atoms with E-state index in [2.05, 4.69) is 373 Å². The predicted octanol–water partition coefficient (Wildman–Crippen LogP) is 27.7. The minimum Gasteiger partial charge on any atom is -0.310 e. The van der Waals surface area contributed by atoms with Crippen molar-refractivity contribution < 1.29 is 18.4 Å². The SMILES string of the molecule is [2H]c1c([2H])c([2H])c(-c2ccc3c(c2)N(c2c(-c4ccc(C(C)(C)C)cc4)cccc2-c2ccc(C(C)(C)C)cc2C(C)(C)C)c2cc(-n4c5ccc(C(C)(C)C)cc5c5cc(C(C)(C)C)ccc54)cc4c2B3c2ccc(-c3c([2H])c([2H])c([2H])c([2H])c3[2H])cc2N4[n+]2c(-c3ccc(C(C)(C)C)cc3)cccc2-c2ccc(C(C)(C)C)cc2C(C)(C)C)c([2H])c1[2H]. The fraction of sp³-hybridized carbons (Fsp3) is 0.294. The van der Waals surface area contributed by atoms with Crippen molar-refractivity contribution in [2.24, 2.45) is 0 Å². The first-order chi connectivity index (χ1) is 57.7. The van der Waals surface area contributed by atoms with Crippen molar-refractivity contribution in [1.82, 2.24) is 4.57 Å². The lowest BCUT2D eigenvalue weighted by Crippen LogP contribution is -2.67. The quantitative estimate of drug-likeness (QED) is 0.106. The third-order valence-electron chi connectivity index (χ3n) is 23.8. The number of pyridine rings is 1. The molecule has 2 aliphatic rings. The Balaban J connectivity index is 1.19. The molecule has 0 bridgehead atoms. The van der Waals surface area contributed by atoms with Crippen molar-refractivity contribution in [3.05, 3.63) is 311 Å². The maximum atomic E-state index is 9.87. The second-order valence-corrected chi connectivity index (χ2v) is 40.3. The first kappa shape index (κ1) is 65.6. The fourth-order valence-corrected chi connectivity index (χ4v) is 17.3. The third kappa shape index (κ3) is 13.8.